The molecule has 2 nitrogen and oxygen atoms in total. The van der Waals surface area contributed by atoms with Crippen LogP contribution in [0.4, 0.5) is 0 Å². The first-order valence-electron chi connectivity index (χ1n) is 6.64. The van der Waals surface area contributed by atoms with Crippen LogP contribution in [0, 0.1) is 11.8 Å². The fraction of sp³-hybridized carbons (Fsp3) is 0.786. The van der Waals surface area contributed by atoms with Crippen LogP contribution in [-0.2, 0) is 4.79 Å². The van der Waals surface area contributed by atoms with E-state index in [1.54, 1.807) is 0 Å². The molecule has 0 radical (unpaired) electrons. The van der Waals surface area contributed by atoms with E-state index in [1.165, 1.54) is 25.7 Å². The molecule has 0 amide bonds. The highest BCUT2D eigenvalue weighted by atomic mass is 16.3. The predicted molar refractivity (Wildman–Crippen MR) is 64.3 cm³/mol. The summed E-state index contributed by atoms with van der Waals surface area (Å²) >= 11 is 0. The maximum atomic E-state index is 12.1. The molecule has 0 unspecified atom stereocenters. The summed E-state index contributed by atoms with van der Waals surface area (Å²) in [5, 5.41) is 10.1. The molecule has 0 saturated heterocycles. The largest absolute Gasteiger partial charge is 0.512 e. The Kier molecular flexibility index (Phi) is 3.67. The number of aliphatic hydroxyl groups excluding tert-OH is 1. The van der Waals surface area contributed by atoms with Crippen molar-refractivity contribution in [2.24, 2.45) is 11.8 Å². The van der Waals surface area contributed by atoms with Crippen LogP contribution < -0.4 is 0 Å². The summed E-state index contributed by atoms with van der Waals surface area (Å²) < 4.78 is 0. The first-order valence-corrected chi connectivity index (χ1v) is 6.64. The molecule has 2 rings (SSSR count). The number of carbonyl (C=O) groups excluding carboxylic acids is 1. The Morgan fingerprint density at radius 3 is 1.88 bits per heavy atom. The zero-order chi connectivity index (χ0) is 11.5. The van der Waals surface area contributed by atoms with Crippen LogP contribution in [0.1, 0.15) is 58.3 Å². The van der Waals surface area contributed by atoms with Gasteiger partial charge in [0.2, 0.25) is 0 Å². The molecule has 0 atom stereocenters. The van der Waals surface area contributed by atoms with Crippen LogP contribution in [0.2, 0.25) is 0 Å². The van der Waals surface area contributed by atoms with Gasteiger partial charge in [0.05, 0.1) is 0 Å². The second kappa shape index (κ2) is 5.03. The second-order valence-electron chi connectivity index (χ2n) is 5.34. The van der Waals surface area contributed by atoms with Crippen LogP contribution in [0.25, 0.3) is 0 Å². The highest BCUT2D eigenvalue weighted by Gasteiger charge is 2.28. The summed E-state index contributed by atoms with van der Waals surface area (Å²) in [5.41, 5.74) is 0.652. The van der Waals surface area contributed by atoms with Crippen molar-refractivity contribution in [3.8, 4) is 0 Å². The Labute approximate surface area is 97.7 Å². The molecule has 1 N–H and O–H groups in total. The van der Waals surface area contributed by atoms with Crippen LogP contribution in [-0.4, -0.2) is 10.9 Å². The lowest BCUT2D eigenvalue weighted by Crippen LogP contribution is -2.15. The molecule has 0 aromatic heterocycles. The number of carbonyl (C=O) groups is 1. The van der Waals surface area contributed by atoms with E-state index in [9.17, 15) is 9.90 Å². The van der Waals surface area contributed by atoms with E-state index in [4.69, 9.17) is 0 Å². The summed E-state index contributed by atoms with van der Waals surface area (Å²) in [5.74, 6) is 1.07. The Morgan fingerprint density at radius 1 is 0.938 bits per heavy atom. The highest BCUT2D eigenvalue weighted by molar-refractivity contribution is 5.97. The second-order valence-corrected chi connectivity index (χ2v) is 5.34. The van der Waals surface area contributed by atoms with Gasteiger partial charge in [0.1, 0.15) is 5.76 Å². The molecule has 2 fully saturated rings. The van der Waals surface area contributed by atoms with E-state index >= 15 is 0 Å². The molecule has 2 aliphatic carbocycles. The smallest absolute Gasteiger partial charge is 0.164 e. The Balaban J connectivity index is 2.05. The monoisotopic (exact) mass is 222 g/mol. The van der Waals surface area contributed by atoms with Gasteiger partial charge in [-0.2, -0.15) is 0 Å². The van der Waals surface area contributed by atoms with Gasteiger partial charge in [-0.05, 0) is 32.6 Å². The lowest BCUT2D eigenvalue weighted by Gasteiger charge is -2.14. The molecule has 16 heavy (non-hydrogen) atoms. The number of ketones is 1. The Hall–Kier alpha value is -0.790. The van der Waals surface area contributed by atoms with Crippen LogP contribution >= 0.6 is 0 Å². The Bertz CT molecular complexity index is 292. The number of hydrogen-bond acceptors (Lipinski definition) is 2. The maximum absolute atomic E-state index is 12.1. The van der Waals surface area contributed by atoms with Crippen LogP contribution in [0.3, 0.4) is 0 Å². The molecule has 2 saturated carbocycles. The fourth-order valence-electron chi connectivity index (χ4n) is 3.13. The minimum atomic E-state index is 0.198. The zero-order valence-electron chi connectivity index (χ0n) is 10.2. The first kappa shape index (κ1) is 11.7. The van der Waals surface area contributed by atoms with Gasteiger partial charge in [-0.15, -0.1) is 0 Å². The van der Waals surface area contributed by atoms with Gasteiger partial charge in [0.25, 0.3) is 0 Å². The third-order valence-electron chi connectivity index (χ3n) is 4.22. The van der Waals surface area contributed by atoms with Gasteiger partial charge in [-0.3, -0.25) is 4.79 Å². The van der Waals surface area contributed by atoms with Crippen molar-refractivity contribution in [2.45, 2.75) is 58.3 Å². The topological polar surface area (TPSA) is 37.3 Å². The van der Waals surface area contributed by atoms with Crippen molar-refractivity contribution >= 4 is 5.78 Å². The molecule has 2 aliphatic rings. The Morgan fingerprint density at radius 2 is 1.38 bits per heavy atom. The summed E-state index contributed by atoms with van der Waals surface area (Å²) in [6.07, 6.45) is 8.89. The third kappa shape index (κ3) is 2.31. The molecule has 2 heteroatoms. The lowest BCUT2D eigenvalue weighted by molar-refractivity contribution is -0.119. The van der Waals surface area contributed by atoms with Gasteiger partial charge < -0.3 is 5.11 Å². The molecular weight excluding hydrogens is 200 g/mol. The minimum absolute atomic E-state index is 0.198. The van der Waals surface area contributed by atoms with Gasteiger partial charge in [0, 0.05) is 17.4 Å². The molecule has 0 aromatic carbocycles. The summed E-state index contributed by atoms with van der Waals surface area (Å²) in [7, 11) is 0. The minimum Gasteiger partial charge on any atom is -0.512 e. The van der Waals surface area contributed by atoms with E-state index in [0.717, 1.165) is 25.7 Å². The molecular formula is C14H22O2. The predicted octanol–water partition coefficient (Wildman–Crippen LogP) is 3.77. The van der Waals surface area contributed by atoms with E-state index < -0.39 is 0 Å². The number of Topliss-reactive ketones (excluding diaryl/α,β-unsaturated/α-hetero) is 1. The molecule has 0 spiro atoms. The number of hydrogen-bond donors (Lipinski definition) is 1. The lowest BCUT2D eigenvalue weighted by atomic mass is 9.92. The quantitative estimate of drug-likeness (QED) is 0.583. The molecule has 0 bridgehead atoms. The van der Waals surface area contributed by atoms with Crippen molar-refractivity contribution in [1.82, 2.24) is 0 Å². The van der Waals surface area contributed by atoms with Crippen LogP contribution in [0.5, 0.6) is 0 Å². The number of allylic oxidation sites excluding steroid dienone is 2. The molecule has 0 aliphatic heterocycles. The van der Waals surface area contributed by atoms with Gasteiger partial charge in [-0.1, -0.05) is 25.7 Å². The molecule has 0 heterocycles. The van der Waals surface area contributed by atoms with Gasteiger partial charge >= 0.3 is 0 Å². The summed E-state index contributed by atoms with van der Waals surface area (Å²) in [4.78, 5) is 12.1. The normalized spacial score (nSPS) is 24.8. The average molecular weight is 222 g/mol. The van der Waals surface area contributed by atoms with Crippen molar-refractivity contribution in [3.63, 3.8) is 0 Å². The highest BCUT2D eigenvalue weighted by Crippen LogP contribution is 2.34. The first-order chi connectivity index (χ1) is 7.70. The SMILES string of the molecule is C/C(C(=O)C1CCCC1)=C(/O)C1CCCC1. The van der Waals surface area contributed by atoms with Crippen molar-refractivity contribution in [1.29, 1.82) is 0 Å². The van der Waals surface area contributed by atoms with E-state index in [-0.39, 0.29) is 17.6 Å². The van der Waals surface area contributed by atoms with E-state index in [2.05, 4.69) is 0 Å². The molecule has 0 aromatic rings. The summed E-state index contributed by atoms with van der Waals surface area (Å²) in [6, 6.07) is 0. The van der Waals surface area contributed by atoms with Crippen molar-refractivity contribution in [2.75, 3.05) is 0 Å². The van der Waals surface area contributed by atoms with Crippen molar-refractivity contribution in [3.05, 3.63) is 11.3 Å². The standard InChI is InChI=1S/C14H22O2/c1-10(13(15)11-6-2-3-7-11)14(16)12-8-4-5-9-12/h11-12,15H,2-9H2,1H3/b13-10-. The van der Waals surface area contributed by atoms with Gasteiger partial charge in [0.15, 0.2) is 5.78 Å². The molecule has 90 valence electrons. The summed E-state index contributed by atoms with van der Waals surface area (Å²) in [6.45, 7) is 1.81. The fourth-order valence-corrected chi connectivity index (χ4v) is 3.13. The van der Waals surface area contributed by atoms with E-state index in [0.29, 0.717) is 11.3 Å². The maximum Gasteiger partial charge on any atom is 0.164 e. The zero-order valence-corrected chi connectivity index (χ0v) is 10.2. The third-order valence-corrected chi connectivity index (χ3v) is 4.22. The van der Waals surface area contributed by atoms with Crippen LogP contribution in [0.15, 0.2) is 11.3 Å². The number of rotatable bonds is 3. The van der Waals surface area contributed by atoms with E-state index in [1.807, 2.05) is 6.92 Å². The van der Waals surface area contributed by atoms with Gasteiger partial charge in [-0.25, -0.2) is 0 Å². The van der Waals surface area contributed by atoms with Crippen molar-refractivity contribution < 1.29 is 9.90 Å². The number of aliphatic hydroxyl groups is 1. The average Bonchev–Trinajstić information content (AvgIpc) is 2.97.